The molecule has 1 saturated heterocycles. The van der Waals surface area contributed by atoms with Gasteiger partial charge in [-0.05, 0) is 25.8 Å². The Balaban J connectivity index is 1.83. The summed E-state index contributed by atoms with van der Waals surface area (Å²) in [7, 11) is 2.10. The fourth-order valence-electron chi connectivity index (χ4n) is 1.94. The molecule has 1 heterocycles. The minimum absolute atomic E-state index is 0.570. The van der Waals surface area contributed by atoms with Gasteiger partial charge in [-0.2, -0.15) is 11.8 Å². The van der Waals surface area contributed by atoms with Gasteiger partial charge in [0, 0.05) is 35.3 Å². The lowest BCUT2D eigenvalue weighted by atomic mass is 10.2. The van der Waals surface area contributed by atoms with E-state index in [9.17, 15) is 8.42 Å². The topological polar surface area (TPSA) is 37.4 Å². The molecule has 0 N–H and O–H groups in total. The van der Waals surface area contributed by atoms with E-state index in [0.29, 0.717) is 6.42 Å². The zero-order chi connectivity index (χ0) is 10.9. The lowest BCUT2D eigenvalue weighted by molar-refractivity contribution is 0.294. The van der Waals surface area contributed by atoms with E-state index in [1.165, 1.54) is 11.5 Å². The van der Waals surface area contributed by atoms with E-state index in [1.54, 1.807) is 0 Å². The summed E-state index contributed by atoms with van der Waals surface area (Å²) < 4.78 is 22.1. The third kappa shape index (κ3) is 2.81. The molecule has 0 spiro atoms. The SMILES string of the molecule is O=S(=O)(Cl)C1(CCN2CCSCC2)CC1. The lowest BCUT2D eigenvalue weighted by Crippen LogP contribution is -2.36. The van der Waals surface area contributed by atoms with Crippen LogP contribution in [0.25, 0.3) is 0 Å². The summed E-state index contributed by atoms with van der Waals surface area (Å²) in [4.78, 5) is 2.35. The Morgan fingerprint density at radius 3 is 2.33 bits per heavy atom. The molecule has 0 unspecified atom stereocenters. The Kier molecular flexibility index (Phi) is 3.55. The van der Waals surface area contributed by atoms with Gasteiger partial charge in [-0.25, -0.2) is 8.42 Å². The second-order valence-electron chi connectivity index (χ2n) is 4.32. The molecule has 2 aliphatic rings. The summed E-state index contributed by atoms with van der Waals surface area (Å²) in [5, 5.41) is 0. The first-order valence-electron chi connectivity index (χ1n) is 5.28. The number of halogens is 1. The van der Waals surface area contributed by atoms with Crippen LogP contribution in [-0.2, 0) is 9.05 Å². The molecule has 2 rings (SSSR count). The lowest BCUT2D eigenvalue weighted by Gasteiger charge is -2.27. The van der Waals surface area contributed by atoms with Crippen LogP contribution in [0.3, 0.4) is 0 Å². The van der Waals surface area contributed by atoms with Gasteiger partial charge in [0.15, 0.2) is 0 Å². The third-order valence-corrected chi connectivity index (χ3v) is 6.88. The van der Waals surface area contributed by atoms with Crippen LogP contribution in [0, 0.1) is 0 Å². The second-order valence-corrected chi connectivity index (χ2v) is 8.51. The number of rotatable bonds is 4. The minimum atomic E-state index is -3.35. The summed E-state index contributed by atoms with van der Waals surface area (Å²) >= 11 is 1.97. The van der Waals surface area contributed by atoms with E-state index in [1.807, 2.05) is 11.8 Å². The van der Waals surface area contributed by atoms with E-state index in [-0.39, 0.29) is 0 Å². The van der Waals surface area contributed by atoms with Crippen LogP contribution in [0.4, 0.5) is 0 Å². The van der Waals surface area contributed by atoms with Gasteiger partial charge in [-0.15, -0.1) is 0 Å². The van der Waals surface area contributed by atoms with Crippen molar-refractivity contribution in [3.63, 3.8) is 0 Å². The molecule has 2 fully saturated rings. The van der Waals surface area contributed by atoms with Crippen molar-refractivity contribution in [3.05, 3.63) is 0 Å². The summed E-state index contributed by atoms with van der Waals surface area (Å²) in [6.07, 6.45) is 2.21. The smallest absolute Gasteiger partial charge is 0.238 e. The zero-order valence-corrected chi connectivity index (χ0v) is 11.0. The van der Waals surface area contributed by atoms with Gasteiger partial charge >= 0.3 is 0 Å². The van der Waals surface area contributed by atoms with Gasteiger partial charge in [0.25, 0.3) is 0 Å². The summed E-state index contributed by atoms with van der Waals surface area (Å²) in [6.45, 7) is 3.05. The van der Waals surface area contributed by atoms with Crippen LogP contribution in [-0.4, -0.2) is 49.2 Å². The molecule has 1 saturated carbocycles. The van der Waals surface area contributed by atoms with Gasteiger partial charge in [-0.3, -0.25) is 0 Å². The van der Waals surface area contributed by atoms with Crippen LogP contribution >= 0.6 is 22.4 Å². The molecule has 6 heteroatoms. The Hall–Kier alpha value is 0.550. The molecule has 0 aromatic carbocycles. The van der Waals surface area contributed by atoms with Gasteiger partial charge in [0.2, 0.25) is 9.05 Å². The zero-order valence-electron chi connectivity index (χ0n) is 8.62. The van der Waals surface area contributed by atoms with Crippen molar-refractivity contribution >= 4 is 31.5 Å². The normalized spacial score (nSPS) is 26.5. The molecule has 0 radical (unpaired) electrons. The van der Waals surface area contributed by atoms with Crippen molar-refractivity contribution in [2.45, 2.75) is 24.0 Å². The standard InChI is InChI=1S/C9H16ClNO2S2/c10-15(12,13)9(1-2-9)3-4-11-5-7-14-8-6-11/h1-8H2. The Morgan fingerprint density at radius 1 is 1.27 bits per heavy atom. The average molecular weight is 270 g/mol. The second kappa shape index (κ2) is 4.43. The first-order valence-corrected chi connectivity index (χ1v) is 8.74. The van der Waals surface area contributed by atoms with E-state index in [0.717, 1.165) is 32.5 Å². The predicted molar refractivity (Wildman–Crippen MR) is 65.1 cm³/mol. The number of hydrogen-bond acceptors (Lipinski definition) is 4. The number of nitrogens with zero attached hydrogens (tertiary/aromatic N) is 1. The molecule has 0 aromatic heterocycles. The summed E-state index contributed by atoms with van der Waals surface area (Å²) in [5.74, 6) is 2.33. The predicted octanol–water partition coefficient (Wildman–Crippen LogP) is 1.53. The Morgan fingerprint density at radius 2 is 1.87 bits per heavy atom. The fraction of sp³-hybridized carbons (Fsp3) is 1.00. The molecule has 3 nitrogen and oxygen atoms in total. The molecule has 1 aliphatic carbocycles. The van der Waals surface area contributed by atoms with E-state index in [4.69, 9.17) is 10.7 Å². The first kappa shape index (κ1) is 12.0. The van der Waals surface area contributed by atoms with Crippen molar-refractivity contribution in [1.29, 1.82) is 0 Å². The van der Waals surface area contributed by atoms with Crippen molar-refractivity contribution in [1.82, 2.24) is 4.90 Å². The van der Waals surface area contributed by atoms with Crippen molar-refractivity contribution in [2.75, 3.05) is 31.1 Å². The summed E-state index contributed by atoms with van der Waals surface area (Å²) in [6, 6.07) is 0. The van der Waals surface area contributed by atoms with Crippen molar-refractivity contribution < 1.29 is 8.42 Å². The van der Waals surface area contributed by atoms with Gasteiger partial charge in [-0.1, -0.05) is 0 Å². The highest BCUT2D eigenvalue weighted by molar-refractivity contribution is 8.15. The molecule has 1 aliphatic heterocycles. The van der Waals surface area contributed by atoms with Crippen LogP contribution in [0.1, 0.15) is 19.3 Å². The van der Waals surface area contributed by atoms with Gasteiger partial charge in [0.1, 0.15) is 0 Å². The Labute approximate surface area is 100.0 Å². The van der Waals surface area contributed by atoms with Gasteiger partial charge in [0.05, 0.1) is 4.75 Å². The molecule has 15 heavy (non-hydrogen) atoms. The van der Waals surface area contributed by atoms with E-state index >= 15 is 0 Å². The maximum Gasteiger partial charge on any atom is 0.238 e. The maximum atomic E-state index is 11.3. The van der Waals surface area contributed by atoms with Crippen LogP contribution in [0.15, 0.2) is 0 Å². The van der Waals surface area contributed by atoms with Crippen LogP contribution < -0.4 is 0 Å². The maximum absolute atomic E-state index is 11.3. The largest absolute Gasteiger partial charge is 0.302 e. The van der Waals surface area contributed by atoms with Crippen LogP contribution in [0.2, 0.25) is 0 Å². The molecule has 0 bridgehead atoms. The van der Waals surface area contributed by atoms with Gasteiger partial charge < -0.3 is 4.90 Å². The quantitative estimate of drug-likeness (QED) is 0.726. The summed E-state index contributed by atoms with van der Waals surface area (Å²) in [5.41, 5.74) is 0. The van der Waals surface area contributed by atoms with Crippen LogP contribution in [0.5, 0.6) is 0 Å². The molecule has 0 aromatic rings. The van der Waals surface area contributed by atoms with E-state index in [2.05, 4.69) is 4.90 Å². The monoisotopic (exact) mass is 269 g/mol. The van der Waals surface area contributed by atoms with Crippen molar-refractivity contribution in [3.8, 4) is 0 Å². The third-order valence-electron chi connectivity index (χ3n) is 3.31. The highest BCUT2D eigenvalue weighted by Gasteiger charge is 2.53. The molecular weight excluding hydrogens is 254 g/mol. The number of thioether (sulfide) groups is 1. The van der Waals surface area contributed by atoms with E-state index < -0.39 is 13.8 Å². The fourth-order valence-corrected chi connectivity index (χ4v) is 4.54. The molecule has 88 valence electrons. The molecule has 0 amide bonds. The first-order chi connectivity index (χ1) is 7.04. The van der Waals surface area contributed by atoms with Crippen molar-refractivity contribution in [2.24, 2.45) is 0 Å². The highest BCUT2D eigenvalue weighted by atomic mass is 35.7. The molecular formula is C9H16ClNO2S2. The Bertz CT molecular complexity index is 321. The average Bonchev–Trinajstić information content (AvgIpc) is 2.96. The number of hydrogen-bond donors (Lipinski definition) is 0. The minimum Gasteiger partial charge on any atom is -0.302 e. The highest BCUT2D eigenvalue weighted by Crippen LogP contribution is 2.48. The molecule has 0 atom stereocenters.